The third-order valence-corrected chi connectivity index (χ3v) is 17.5. The van der Waals surface area contributed by atoms with Crippen molar-refractivity contribution in [1.29, 1.82) is 0 Å². The van der Waals surface area contributed by atoms with Gasteiger partial charge in [0.25, 0.3) is 11.4 Å². The Morgan fingerprint density at radius 1 is 0.464 bits per heavy atom. The molecule has 110 heavy (non-hydrogen) atoms. The van der Waals surface area contributed by atoms with E-state index >= 15 is 0 Å². The number of anilines is 4. The fourth-order valence-corrected chi connectivity index (χ4v) is 11.2. The number of carboxylic acid groups (broad SMARTS) is 1. The zero-order chi connectivity index (χ0) is 75.3. The average Bonchev–Trinajstić information content (AvgIpc) is 1.65. The monoisotopic (exact) mass is 1630 g/mol. The van der Waals surface area contributed by atoms with Gasteiger partial charge in [0.1, 0.15) is 35.2 Å². The molecule has 0 spiro atoms. The number of hydrogen-bond acceptors (Lipinski definition) is 14. The van der Waals surface area contributed by atoms with Crippen LogP contribution in [-0.4, -0.2) is 83.3 Å². The maximum Gasteiger partial charge on any atom is 0.318 e. The molecule has 8 N–H and O–H groups in total. The van der Waals surface area contributed by atoms with Crippen LogP contribution >= 0.6 is 81.2 Å². The molecule has 4 heterocycles. The fourth-order valence-electron chi connectivity index (χ4n) is 10.4. The van der Waals surface area contributed by atoms with Gasteiger partial charge in [-0.1, -0.05) is 216 Å². The Morgan fingerprint density at radius 3 is 1.20 bits per heavy atom. The molecular weight excluding hydrogens is 1540 g/mol. The van der Waals surface area contributed by atoms with Crippen LogP contribution < -0.4 is 27.4 Å². The number of aliphatic carboxylic acids is 1. The zero-order valence-corrected chi connectivity index (χ0v) is 62.4. The van der Waals surface area contributed by atoms with Crippen LogP contribution in [-0.2, 0) is 43.4 Å². The summed E-state index contributed by atoms with van der Waals surface area (Å²) in [5, 5.41) is 41.7. The van der Waals surface area contributed by atoms with E-state index < -0.39 is 15.8 Å². The van der Waals surface area contributed by atoms with Crippen LogP contribution in [0.3, 0.4) is 0 Å². The normalized spacial score (nSPS) is 11.3. The molecule has 2 aliphatic heterocycles. The van der Waals surface area contributed by atoms with Crippen LogP contribution in [0.5, 0.6) is 0 Å². The number of nitrogens with zero attached hydrogens (tertiary/aromatic N) is 7. The minimum Gasteiger partial charge on any atom is -0.480 e. The van der Waals surface area contributed by atoms with Crippen molar-refractivity contribution in [2.24, 2.45) is 0 Å². The van der Waals surface area contributed by atoms with E-state index in [4.69, 9.17) is 103 Å². The lowest BCUT2D eigenvalue weighted by molar-refractivity contribution is -0.384. The quantitative estimate of drug-likeness (QED) is 0.0163. The van der Waals surface area contributed by atoms with Gasteiger partial charge in [-0.15, -0.1) is 23.2 Å². The van der Waals surface area contributed by atoms with E-state index in [0.29, 0.717) is 33.7 Å². The van der Waals surface area contributed by atoms with Crippen molar-refractivity contribution < 1.29 is 24.5 Å². The van der Waals surface area contributed by atoms with Gasteiger partial charge >= 0.3 is 5.97 Å². The highest BCUT2D eigenvalue weighted by Gasteiger charge is 2.18. The van der Waals surface area contributed by atoms with Gasteiger partial charge < -0.3 is 41.7 Å². The topological polar surface area (TPSA) is 268 Å². The Kier molecular flexibility index (Phi) is 45.8. The predicted octanol–water partition coefficient (Wildman–Crippen LogP) is 23.4. The summed E-state index contributed by atoms with van der Waals surface area (Å²) in [5.41, 5.74) is 23.2. The summed E-state index contributed by atoms with van der Waals surface area (Å²) < 4.78 is 4.49. The van der Waals surface area contributed by atoms with Gasteiger partial charge in [-0.2, -0.15) is 0 Å². The van der Waals surface area contributed by atoms with Gasteiger partial charge in [-0.3, -0.25) is 34.7 Å². The number of aldehydes is 1. The van der Waals surface area contributed by atoms with Gasteiger partial charge in [0, 0.05) is 69.0 Å². The largest absolute Gasteiger partial charge is 0.480 e. The van der Waals surface area contributed by atoms with E-state index in [2.05, 4.69) is 77.4 Å². The first-order valence-electron chi connectivity index (χ1n) is 33.2. The van der Waals surface area contributed by atoms with Crippen molar-refractivity contribution in [3.8, 4) is 0 Å². The number of alkyl halides is 2. The number of nitrogens with one attached hydrogen (secondary N) is 3. The minimum absolute atomic E-state index is 0. The maximum atomic E-state index is 10.8. The predicted molar refractivity (Wildman–Crippen MR) is 465 cm³/mol. The maximum absolute atomic E-state index is 10.8. The summed E-state index contributed by atoms with van der Waals surface area (Å²) in [6, 6.07) is 74.6. The highest BCUT2D eigenvalue weighted by atomic mass is 35.5. The van der Waals surface area contributed by atoms with Gasteiger partial charge in [0.2, 0.25) is 0 Å². The number of rotatable bonds is 17. The first-order valence-corrected chi connectivity index (χ1v) is 36.1. The van der Waals surface area contributed by atoms with Crippen molar-refractivity contribution in [3.63, 3.8) is 0 Å². The fraction of sp³-hybridized carbons (Fsp3) is 0.238. The number of carbonyl (C=O) groups excluding carboxylic acids is 1. The SMILES string of the molecule is C.C.C.C.C.C1CCNC1.ClCc1nc2ccccc2n1Cc1ccc(Cl)cc1.Clc1ccc(Cn2c(CN3CCCC3)nc3ccccc32)cc1.Nc1ccccc1NCc1ccc(Cl)cc1.Nc1ccccc1[N+](=O)[O-].O=C(O)CCl.O=Cc1ccc(Cl)cc1.O=[N+]([O-])c1ccccc1NCc1ccc(Cl)cc1. The number of nitro groups is 2. The molecule has 0 radical (unpaired) electrons. The Balaban J connectivity index is 0.000000441. The van der Waals surface area contributed by atoms with Crippen molar-refractivity contribution >= 4 is 150 Å². The number of likely N-dealkylation sites (tertiary alicyclic amines) is 1. The van der Waals surface area contributed by atoms with Crippen molar-refractivity contribution in [2.75, 3.05) is 54.2 Å². The Labute approximate surface area is 681 Å². The molecule has 0 saturated carbocycles. The summed E-state index contributed by atoms with van der Waals surface area (Å²) in [5.74, 6) is 1.16. The summed E-state index contributed by atoms with van der Waals surface area (Å²) in [4.78, 5) is 51.3. The van der Waals surface area contributed by atoms with Crippen molar-refractivity contribution in [1.82, 2.24) is 29.3 Å². The first-order chi connectivity index (χ1) is 50.8. The second-order valence-corrected chi connectivity index (χ2v) is 26.1. The molecule has 14 rings (SSSR count). The highest BCUT2D eigenvalue weighted by Crippen LogP contribution is 2.27. The lowest BCUT2D eigenvalue weighted by Crippen LogP contribution is -2.21. The molecule has 12 aromatic rings. The Morgan fingerprint density at radius 2 is 0.818 bits per heavy atom. The lowest BCUT2D eigenvalue weighted by Gasteiger charge is -2.16. The molecular formula is C84H99Cl7N12O7. The molecule has 0 amide bonds. The summed E-state index contributed by atoms with van der Waals surface area (Å²) in [6.45, 7) is 8.64. The molecule has 19 nitrogen and oxygen atoms in total. The number of halogens is 7. The van der Waals surface area contributed by atoms with Crippen molar-refractivity contribution in [3.05, 3.63) is 327 Å². The average molecular weight is 1640 g/mol. The van der Waals surface area contributed by atoms with Crippen LogP contribution in [0.2, 0.25) is 25.1 Å². The number of hydrogen-bond donors (Lipinski definition) is 6. The number of carboxylic acids is 1. The second-order valence-electron chi connectivity index (χ2n) is 23.4. The van der Waals surface area contributed by atoms with Gasteiger partial charge in [0.15, 0.2) is 0 Å². The number of benzene rings is 10. The number of aromatic nitrogens is 4. The molecule has 10 aromatic carbocycles. The second kappa shape index (κ2) is 52.4. The van der Waals surface area contributed by atoms with E-state index in [1.54, 1.807) is 66.7 Å². The molecule has 2 fully saturated rings. The van der Waals surface area contributed by atoms with E-state index in [1.807, 2.05) is 115 Å². The van der Waals surface area contributed by atoms with Gasteiger partial charge in [0.05, 0.1) is 55.7 Å². The Bertz CT molecular complexity index is 4640. The van der Waals surface area contributed by atoms with Crippen LogP contribution in [0.25, 0.3) is 22.1 Å². The third-order valence-electron chi connectivity index (χ3n) is 15.7. The first kappa shape index (κ1) is 96.3. The van der Waals surface area contributed by atoms with E-state index in [9.17, 15) is 29.8 Å². The number of nitrogens with two attached hydrogens (primary N) is 2. The van der Waals surface area contributed by atoms with E-state index in [-0.39, 0.29) is 60.1 Å². The summed E-state index contributed by atoms with van der Waals surface area (Å²) in [7, 11) is 0. The Hall–Kier alpha value is -9.77. The summed E-state index contributed by atoms with van der Waals surface area (Å²) >= 11 is 39.8. The summed E-state index contributed by atoms with van der Waals surface area (Å²) in [6.07, 6.45) is 6.17. The van der Waals surface area contributed by atoms with Crippen LogP contribution in [0.1, 0.15) is 107 Å². The van der Waals surface area contributed by atoms with Gasteiger partial charge in [-0.25, -0.2) is 9.97 Å². The standard InChI is InChI=1S/C19H20ClN3.C15H12Cl2N2.C13H11ClN2O2.C13H13ClN2.C7H5ClO.C6H6N2O2.C4H9N.C2H3ClO2.5CH4/c20-16-9-7-15(8-10-16)13-23-18-6-2-1-5-17(18)21-19(23)14-22-11-3-4-12-22;16-9-15-18-13-3-1-2-4-14(13)19(15)10-11-5-7-12(17)8-6-11;14-11-7-5-10(6-8-11)9-15-12-3-1-2-4-13(12)16(17)18;14-11-7-5-10(6-8-11)9-16-13-4-2-1-3-12(13)15;8-7-3-1-6(5-9)2-4-7;7-5-3-1-2-4-6(5)8(9)10;1-2-4-5-3-1;3-1-2(4)5;;;;;/h1-2,5-10H,3-4,11-14H2;1-8H,9-10H2;1-8,15H,9H2;1-8,16H,9,15H2;1-5H;1-4H,7H2;5H,1-4H2;1H2,(H,4,5);5*1H4. The molecule has 26 heteroatoms. The van der Waals surface area contributed by atoms with Crippen molar-refractivity contribution in [2.45, 2.75) is 101 Å². The number of nitro benzene ring substituents is 2. The molecule has 2 aliphatic rings. The van der Waals surface area contributed by atoms with E-state index in [0.717, 1.165) is 92.7 Å². The molecule has 0 bridgehead atoms. The number of para-hydroxylation sites is 10. The molecule has 586 valence electrons. The lowest BCUT2D eigenvalue weighted by atomic mass is 10.2. The zero-order valence-electron chi connectivity index (χ0n) is 57.1. The van der Waals surface area contributed by atoms with Crippen LogP contribution in [0, 0.1) is 20.2 Å². The minimum atomic E-state index is -0.980. The molecule has 2 aromatic heterocycles. The van der Waals surface area contributed by atoms with Crippen LogP contribution in [0.15, 0.2) is 243 Å². The number of nitrogen functional groups attached to an aromatic ring is 2. The molecule has 2 saturated heterocycles. The number of fused-ring (bicyclic) bond motifs is 2. The molecule has 0 unspecified atom stereocenters. The van der Waals surface area contributed by atoms with E-state index in [1.165, 1.54) is 92.3 Å². The van der Waals surface area contributed by atoms with Crippen LogP contribution in [0.4, 0.5) is 34.1 Å². The smallest absolute Gasteiger partial charge is 0.318 e. The highest BCUT2D eigenvalue weighted by molar-refractivity contribution is 6.31. The molecule has 0 aliphatic carbocycles. The van der Waals surface area contributed by atoms with Gasteiger partial charge in [-0.05, 0) is 183 Å². The molecule has 0 atom stereocenters. The number of imidazole rings is 2. The third kappa shape index (κ3) is 33.2. The number of carbonyl (C=O) groups is 2.